The number of nitrogens with one attached hydrogen (secondary N) is 1. The van der Waals surface area contributed by atoms with Gasteiger partial charge in [-0.15, -0.1) is 0 Å². The second-order valence-corrected chi connectivity index (χ2v) is 6.50. The van der Waals surface area contributed by atoms with Crippen molar-refractivity contribution in [1.82, 2.24) is 5.32 Å². The summed E-state index contributed by atoms with van der Waals surface area (Å²) in [6, 6.07) is 9.41. The van der Waals surface area contributed by atoms with Gasteiger partial charge in [0.2, 0.25) is 0 Å². The Balaban J connectivity index is 2.15. The summed E-state index contributed by atoms with van der Waals surface area (Å²) in [7, 11) is 0. The van der Waals surface area contributed by atoms with Gasteiger partial charge in [0, 0.05) is 12.6 Å². The molecule has 1 N–H and O–H groups in total. The Morgan fingerprint density at radius 1 is 1.25 bits per heavy atom. The minimum absolute atomic E-state index is 0.555. The topological polar surface area (TPSA) is 12.0 Å². The van der Waals surface area contributed by atoms with Crippen molar-refractivity contribution in [3.8, 4) is 0 Å². The third-order valence-electron chi connectivity index (χ3n) is 4.24. The van der Waals surface area contributed by atoms with Crippen LogP contribution in [0.2, 0.25) is 0 Å². The largest absolute Gasteiger partial charge is 0.311 e. The predicted octanol–water partition coefficient (Wildman–Crippen LogP) is 4.96. The van der Waals surface area contributed by atoms with Crippen LogP contribution in [0.1, 0.15) is 57.1 Å². The number of aryl methyl sites for hydroxylation is 1. The fraction of sp³-hybridized carbons (Fsp3) is 0.579. The maximum atomic E-state index is 3.61. The monoisotopic (exact) mass is 271 g/mol. The van der Waals surface area contributed by atoms with Crippen molar-refractivity contribution in [2.24, 2.45) is 5.92 Å². The number of rotatable bonds is 5. The SMILES string of the molecule is Cc1cccc(/C=C(/CNC(C)C)C2CCCCC2)c1. The standard InChI is InChI=1S/C19H29N/c1-15(2)20-14-19(18-10-5-4-6-11-18)13-17-9-7-8-16(3)12-17/h7-9,12-13,15,18,20H,4-6,10-11,14H2,1-3H3/b19-13-. The molecule has 0 radical (unpaired) electrons. The van der Waals surface area contributed by atoms with Crippen LogP contribution in [0.25, 0.3) is 6.08 Å². The molecule has 110 valence electrons. The molecule has 0 bridgehead atoms. The van der Waals surface area contributed by atoms with Gasteiger partial charge in [0.15, 0.2) is 0 Å². The summed E-state index contributed by atoms with van der Waals surface area (Å²) < 4.78 is 0. The first-order chi connectivity index (χ1) is 9.65. The van der Waals surface area contributed by atoms with E-state index in [1.54, 1.807) is 5.57 Å². The second-order valence-electron chi connectivity index (χ2n) is 6.50. The van der Waals surface area contributed by atoms with E-state index in [-0.39, 0.29) is 0 Å². The molecule has 0 aliphatic heterocycles. The van der Waals surface area contributed by atoms with Gasteiger partial charge in [0.05, 0.1) is 0 Å². The number of hydrogen-bond donors (Lipinski definition) is 1. The summed E-state index contributed by atoms with van der Waals surface area (Å²) in [5.74, 6) is 0.788. The third-order valence-corrected chi connectivity index (χ3v) is 4.24. The van der Waals surface area contributed by atoms with Crippen molar-refractivity contribution >= 4 is 6.08 Å². The minimum atomic E-state index is 0.555. The van der Waals surface area contributed by atoms with Gasteiger partial charge in [-0.25, -0.2) is 0 Å². The maximum absolute atomic E-state index is 3.61. The zero-order chi connectivity index (χ0) is 14.4. The van der Waals surface area contributed by atoms with Gasteiger partial charge in [-0.2, -0.15) is 0 Å². The summed E-state index contributed by atoms with van der Waals surface area (Å²) >= 11 is 0. The molecule has 1 aliphatic carbocycles. The van der Waals surface area contributed by atoms with E-state index in [2.05, 4.69) is 56.4 Å². The molecule has 0 atom stereocenters. The lowest BCUT2D eigenvalue weighted by Gasteiger charge is -2.26. The van der Waals surface area contributed by atoms with Crippen molar-refractivity contribution in [3.63, 3.8) is 0 Å². The first kappa shape index (κ1) is 15.3. The lowest BCUT2D eigenvalue weighted by molar-refractivity contribution is 0.394. The molecule has 0 heterocycles. The lowest BCUT2D eigenvalue weighted by atomic mass is 9.83. The highest BCUT2D eigenvalue weighted by Gasteiger charge is 2.17. The molecule has 1 nitrogen and oxygen atoms in total. The molecule has 0 saturated heterocycles. The van der Waals surface area contributed by atoms with Crippen LogP contribution in [0, 0.1) is 12.8 Å². The molecule has 1 aliphatic rings. The van der Waals surface area contributed by atoms with Crippen molar-refractivity contribution < 1.29 is 0 Å². The molecule has 2 rings (SSSR count). The number of hydrogen-bond acceptors (Lipinski definition) is 1. The molecule has 0 spiro atoms. The van der Waals surface area contributed by atoms with Crippen molar-refractivity contribution in [2.45, 2.75) is 58.9 Å². The van der Waals surface area contributed by atoms with E-state index in [1.165, 1.54) is 43.2 Å². The predicted molar refractivity (Wildman–Crippen MR) is 88.9 cm³/mol. The van der Waals surface area contributed by atoms with E-state index in [4.69, 9.17) is 0 Å². The molecule has 1 fully saturated rings. The molecular formula is C19H29N. The van der Waals surface area contributed by atoms with Crippen LogP contribution in [0.5, 0.6) is 0 Å². The molecule has 1 aromatic rings. The van der Waals surface area contributed by atoms with Crippen LogP contribution in [0.3, 0.4) is 0 Å². The van der Waals surface area contributed by atoms with Gasteiger partial charge < -0.3 is 5.32 Å². The van der Waals surface area contributed by atoms with Crippen LogP contribution in [0.4, 0.5) is 0 Å². The smallest absolute Gasteiger partial charge is 0.0173 e. The summed E-state index contributed by atoms with van der Waals surface area (Å²) in [5, 5.41) is 3.61. The molecule has 0 amide bonds. The highest BCUT2D eigenvalue weighted by atomic mass is 14.9. The average Bonchev–Trinajstić information content (AvgIpc) is 2.44. The van der Waals surface area contributed by atoms with E-state index < -0.39 is 0 Å². The Bertz CT molecular complexity index is 439. The summed E-state index contributed by atoms with van der Waals surface area (Å²) in [5.41, 5.74) is 4.30. The number of benzene rings is 1. The van der Waals surface area contributed by atoms with Crippen LogP contribution in [-0.4, -0.2) is 12.6 Å². The van der Waals surface area contributed by atoms with Gasteiger partial charge in [0.25, 0.3) is 0 Å². The van der Waals surface area contributed by atoms with Gasteiger partial charge >= 0.3 is 0 Å². The van der Waals surface area contributed by atoms with Gasteiger partial charge in [-0.1, -0.05) is 74.6 Å². The molecule has 1 aromatic carbocycles. The summed E-state index contributed by atoms with van der Waals surface area (Å²) in [6.07, 6.45) is 9.40. The van der Waals surface area contributed by atoms with Crippen LogP contribution >= 0.6 is 0 Å². The molecule has 1 heteroatoms. The highest BCUT2D eigenvalue weighted by molar-refractivity contribution is 5.54. The summed E-state index contributed by atoms with van der Waals surface area (Å²) in [6.45, 7) is 7.66. The van der Waals surface area contributed by atoms with Gasteiger partial charge in [-0.3, -0.25) is 0 Å². The first-order valence-electron chi connectivity index (χ1n) is 8.15. The van der Waals surface area contributed by atoms with E-state index >= 15 is 0 Å². The molecule has 20 heavy (non-hydrogen) atoms. The quantitative estimate of drug-likeness (QED) is 0.798. The second kappa shape index (κ2) is 7.64. The van der Waals surface area contributed by atoms with Crippen molar-refractivity contribution in [1.29, 1.82) is 0 Å². The average molecular weight is 271 g/mol. The Kier molecular flexibility index (Phi) is 5.85. The van der Waals surface area contributed by atoms with Crippen molar-refractivity contribution in [3.05, 3.63) is 41.0 Å². The molecule has 0 unspecified atom stereocenters. The fourth-order valence-corrected chi connectivity index (χ4v) is 3.08. The minimum Gasteiger partial charge on any atom is -0.311 e. The van der Waals surface area contributed by atoms with Crippen LogP contribution < -0.4 is 5.32 Å². The van der Waals surface area contributed by atoms with E-state index in [0.29, 0.717) is 6.04 Å². The van der Waals surface area contributed by atoms with Crippen molar-refractivity contribution in [2.75, 3.05) is 6.54 Å². The first-order valence-corrected chi connectivity index (χ1v) is 8.15. The van der Waals surface area contributed by atoms with Crippen LogP contribution in [0.15, 0.2) is 29.8 Å². The Labute approximate surface area is 124 Å². The highest BCUT2D eigenvalue weighted by Crippen LogP contribution is 2.30. The zero-order valence-electron chi connectivity index (χ0n) is 13.3. The fourth-order valence-electron chi connectivity index (χ4n) is 3.08. The van der Waals surface area contributed by atoms with E-state index in [1.807, 2.05) is 0 Å². The Morgan fingerprint density at radius 3 is 2.65 bits per heavy atom. The normalized spacial score (nSPS) is 17.7. The molecule has 0 aromatic heterocycles. The molecule has 1 saturated carbocycles. The van der Waals surface area contributed by atoms with Crippen LogP contribution in [-0.2, 0) is 0 Å². The zero-order valence-corrected chi connectivity index (χ0v) is 13.3. The Hall–Kier alpha value is -1.08. The van der Waals surface area contributed by atoms with E-state index in [9.17, 15) is 0 Å². The third kappa shape index (κ3) is 4.79. The molecular weight excluding hydrogens is 242 g/mol. The lowest BCUT2D eigenvalue weighted by Crippen LogP contribution is -2.27. The van der Waals surface area contributed by atoms with E-state index in [0.717, 1.165) is 12.5 Å². The summed E-state index contributed by atoms with van der Waals surface area (Å²) in [4.78, 5) is 0. The van der Waals surface area contributed by atoms with Gasteiger partial charge in [0.1, 0.15) is 0 Å². The van der Waals surface area contributed by atoms with Gasteiger partial charge in [-0.05, 0) is 31.2 Å². The maximum Gasteiger partial charge on any atom is 0.0173 e. The Morgan fingerprint density at radius 2 is 2.00 bits per heavy atom.